The number of nitrogens with zero attached hydrogens (tertiary/aromatic N) is 5. The van der Waals surface area contributed by atoms with E-state index in [0.29, 0.717) is 5.88 Å². The van der Waals surface area contributed by atoms with Crippen molar-refractivity contribution in [2.75, 3.05) is 18.0 Å². The Bertz CT molecular complexity index is 716. The highest BCUT2D eigenvalue weighted by Gasteiger charge is 2.23. The van der Waals surface area contributed by atoms with E-state index in [-0.39, 0.29) is 11.5 Å². The van der Waals surface area contributed by atoms with Crippen LogP contribution < -0.4 is 9.64 Å². The maximum absolute atomic E-state index is 6.08. The first-order chi connectivity index (χ1) is 11.8. The lowest BCUT2D eigenvalue weighted by molar-refractivity contribution is 0.161. The van der Waals surface area contributed by atoms with Crippen LogP contribution in [0.3, 0.4) is 0 Å². The second-order valence-corrected chi connectivity index (χ2v) is 7.73. The number of ether oxygens (including phenoxy) is 1. The lowest BCUT2D eigenvalue weighted by Gasteiger charge is -2.32. The fourth-order valence-corrected chi connectivity index (χ4v) is 2.88. The third kappa shape index (κ3) is 4.24. The summed E-state index contributed by atoms with van der Waals surface area (Å²) in [5.74, 6) is 1.60. The molecule has 0 aliphatic carbocycles. The van der Waals surface area contributed by atoms with Gasteiger partial charge in [-0.15, -0.1) is 5.10 Å². The monoisotopic (exact) mass is 341 g/mol. The van der Waals surface area contributed by atoms with Gasteiger partial charge in [-0.05, 0) is 26.0 Å². The van der Waals surface area contributed by atoms with Gasteiger partial charge in [-0.2, -0.15) is 5.10 Å². The van der Waals surface area contributed by atoms with Crippen LogP contribution in [0.15, 0.2) is 18.3 Å². The Morgan fingerprint density at radius 3 is 2.40 bits per heavy atom. The average molecular weight is 341 g/mol. The lowest BCUT2D eigenvalue weighted by atomic mass is 9.92. The van der Waals surface area contributed by atoms with Gasteiger partial charge >= 0.3 is 0 Å². The Morgan fingerprint density at radius 1 is 1.08 bits per heavy atom. The zero-order valence-corrected chi connectivity index (χ0v) is 15.8. The maximum atomic E-state index is 6.08. The van der Waals surface area contributed by atoms with Gasteiger partial charge in [-0.25, -0.2) is 4.98 Å². The third-order valence-electron chi connectivity index (χ3n) is 4.50. The van der Waals surface area contributed by atoms with Gasteiger partial charge in [0, 0.05) is 37.5 Å². The SMILES string of the molecule is Cc1cnc(C)c(OC2CCN(c3ccc(C(C)(C)C)nn3)CC2)n1. The van der Waals surface area contributed by atoms with Crippen LogP contribution in [0.4, 0.5) is 5.82 Å². The molecule has 6 heteroatoms. The van der Waals surface area contributed by atoms with Gasteiger partial charge in [0.1, 0.15) is 6.10 Å². The molecule has 1 fully saturated rings. The predicted molar refractivity (Wildman–Crippen MR) is 98.1 cm³/mol. The normalized spacial score (nSPS) is 16.1. The van der Waals surface area contributed by atoms with Crippen LogP contribution in [0.25, 0.3) is 0 Å². The molecule has 6 nitrogen and oxygen atoms in total. The molecule has 25 heavy (non-hydrogen) atoms. The molecule has 0 N–H and O–H groups in total. The Balaban J connectivity index is 1.59. The minimum absolute atomic E-state index is 0.0269. The van der Waals surface area contributed by atoms with Crippen molar-refractivity contribution in [3.8, 4) is 5.88 Å². The minimum atomic E-state index is 0.0269. The van der Waals surface area contributed by atoms with Crippen molar-refractivity contribution >= 4 is 5.82 Å². The molecule has 0 aromatic carbocycles. The van der Waals surface area contributed by atoms with Crippen LogP contribution in [-0.4, -0.2) is 39.4 Å². The van der Waals surface area contributed by atoms with Crippen LogP contribution in [-0.2, 0) is 5.41 Å². The van der Waals surface area contributed by atoms with Crippen molar-refractivity contribution in [2.24, 2.45) is 0 Å². The Hall–Kier alpha value is -2.24. The van der Waals surface area contributed by atoms with Crippen molar-refractivity contribution in [1.82, 2.24) is 20.2 Å². The van der Waals surface area contributed by atoms with Gasteiger partial charge in [0.05, 0.1) is 17.1 Å². The number of aryl methyl sites for hydroxylation is 2. The van der Waals surface area contributed by atoms with Crippen LogP contribution in [0.1, 0.15) is 50.7 Å². The van der Waals surface area contributed by atoms with Gasteiger partial charge in [0.15, 0.2) is 5.82 Å². The van der Waals surface area contributed by atoms with Crippen LogP contribution in [0, 0.1) is 13.8 Å². The molecule has 0 radical (unpaired) electrons. The summed E-state index contributed by atoms with van der Waals surface area (Å²) >= 11 is 0. The highest BCUT2D eigenvalue weighted by atomic mass is 16.5. The van der Waals surface area contributed by atoms with E-state index in [4.69, 9.17) is 4.74 Å². The summed E-state index contributed by atoms with van der Waals surface area (Å²) in [6.45, 7) is 12.1. The van der Waals surface area contributed by atoms with E-state index in [0.717, 1.165) is 48.8 Å². The van der Waals surface area contributed by atoms with Crippen molar-refractivity contribution in [2.45, 2.75) is 59.0 Å². The predicted octanol–water partition coefficient (Wildman–Crippen LogP) is 3.23. The van der Waals surface area contributed by atoms with Crippen molar-refractivity contribution in [1.29, 1.82) is 0 Å². The van der Waals surface area contributed by atoms with E-state index in [2.05, 4.69) is 58.0 Å². The molecular weight excluding hydrogens is 314 g/mol. The minimum Gasteiger partial charge on any atom is -0.473 e. The largest absolute Gasteiger partial charge is 0.473 e. The van der Waals surface area contributed by atoms with Crippen LogP contribution >= 0.6 is 0 Å². The molecule has 3 heterocycles. The van der Waals surface area contributed by atoms with Gasteiger partial charge in [0.2, 0.25) is 5.88 Å². The highest BCUT2D eigenvalue weighted by Crippen LogP contribution is 2.24. The molecule has 0 atom stereocenters. The van der Waals surface area contributed by atoms with E-state index in [9.17, 15) is 0 Å². The molecule has 1 aliphatic heterocycles. The highest BCUT2D eigenvalue weighted by molar-refractivity contribution is 5.38. The second kappa shape index (κ2) is 6.94. The van der Waals surface area contributed by atoms with Gasteiger partial charge in [-0.1, -0.05) is 20.8 Å². The summed E-state index contributed by atoms with van der Waals surface area (Å²) in [7, 11) is 0. The first kappa shape index (κ1) is 17.6. The summed E-state index contributed by atoms with van der Waals surface area (Å²) in [5.41, 5.74) is 2.77. The zero-order chi connectivity index (χ0) is 18.0. The van der Waals surface area contributed by atoms with Crippen LogP contribution in [0.2, 0.25) is 0 Å². The first-order valence-electron chi connectivity index (χ1n) is 8.89. The summed E-state index contributed by atoms with van der Waals surface area (Å²) in [4.78, 5) is 11.0. The standard InChI is InChI=1S/C19H27N5O/c1-13-12-20-14(2)18(21-13)25-15-8-10-24(11-9-15)17-7-6-16(22-23-17)19(3,4)5/h6-7,12,15H,8-11H2,1-5H3. The van der Waals surface area contributed by atoms with Crippen molar-refractivity contribution < 1.29 is 4.74 Å². The van der Waals surface area contributed by atoms with Crippen molar-refractivity contribution in [3.63, 3.8) is 0 Å². The molecule has 1 aliphatic rings. The van der Waals surface area contributed by atoms with E-state index in [1.165, 1.54) is 0 Å². The molecule has 0 saturated carbocycles. The molecule has 0 unspecified atom stereocenters. The summed E-state index contributed by atoms with van der Waals surface area (Å²) < 4.78 is 6.08. The molecule has 0 bridgehead atoms. The summed E-state index contributed by atoms with van der Waals surface area (Å²) in [6.07, 6.45) is 3.83. The smallest absolute Gasteiger partial charge is 0.235 e. The Morgan fingerprint density at radius 2 is 1.80 bits per heavy atom. The number of anilines is 1. The van der Waals surface area contributed by atoms with Crippen molar-refractivity contribution in [3.05, 3.63) is 35.4 Å². The third-order valence-corrected chi connectivity index (χ3v) is 4.50. The average Bonchev–Trinajstić information content (AvgIpc) is 2.58. The summed E-state index contributed by atoms with van der Waals surface area (Å²) in [6, 6.07) is 4.15. The topological polar surface area (TPSA) is 64.0 Å². The van der Waals surface area contributed by atoms with E-state index in [1.807, 2.05) is 13.8 Å². The van der Waals surface area contributed by atoms with E-state index >= 15 is 0 Å². The Labute approximate surface area is 149 Å². The molecule has 0 spiro atoms. The number of hydrogen-bond acceptors (Lipinski definition) is 6. The van der Waals surface area contributed by atoms with Gasteiger partial charge < -0.3 is 9.64 Å². The molecule has 2 aromatic rings. The number of hydrogen-bond donors (Lipinski definition) is 0. The number of rotatable bonds is 3. The van der Waals surface area contributed by atoms with E-state index in [1.54, 1.807) is 6.20 Å². The summed E-state index contributed by atoms with van der Waals surface area (Å²) in [5, 5.41) is 8.81. The molecule has 3 rings (SSSR count). The van der Waals surface area contributed by atoms with E-state index < -0.39 is 0 Å². The molecule has 134 valence electrons. The van der Waals surface area contributed by atoms with Crippen LogP contribution in [0.5, 0.6) is 5.88 Å². The molecule has 2 aromatic heterocycles. The maximum Gasteiger partial charge on any atom is 0.235 e. The lowest BCUT2D eigenvalue weighted by Crippen LogP contribution is -2.39. The second-order valence-electron chi connectivity index (χ2n) is 7.73. The fourth-order valence-electron chi connectivity index (χ4n) is 2.88. The quantitative estimate of drug-likeness (QED) is 0.854. The van der Waals surface area contributed by atoms with Gasteiger partial charge in [-0.3, -0.25) is 4.98 Å². The Kier molecular flexibility index (Phi) is 4.88. The number of aromatic nitrogens is 4. The first-order valence-corrected chi connectivity index (χ1v) is 8.89. The molecular formula is C19H27N5O. The zero-order valence-electron chi connectivity index (χ0n) is 15.8. The molecule has 1 saturated heterocycles. The molecule has 0 amide bonds. The van der Waals surface area contributed by atoms with Gasteiger partial charge in [0.25, 0.3) is 0 Å². The fraction of sp³-hybridized carbons (Fsp3) is 0.579. The number of piperidine rings is 1.